The van der Waals surface area contributed by atoms with Crippen molar-refractivity contribution in [2.75, 3.05) is 13.7 Å². The Labute approximate surface area is 118 Å². The van der Waals surface area contributed by atoms with E-state index in [1.807, 2.05) is 19.9 Å². The SMILES string of the molecule is COCCn1c(C(=O)O)ccc1-c1cc(C)ccc1C. The molecule has 0 saturated heterocycles. The van der Waals surface area contributed by atoms with Crippen molar-refractivity contribution in [3.63, 3.8) is 0 Å². The van der Waals surface area contributed by atoms with Gasteiger partial charge in [-0.2, -0.15) is 0 Å². The second-order valence-electron chi connectivity index (χ2n) is 4.87. The first-order chi connectivity index (χ1) is 9.54. The highest BCUT2D eigenvalue weighted by atomic mass is 16.5. The number of aryl methyl sites for hydroxylation is 2. The maximum absolute atomic E-state index is 11.3. The van der Waals surface area contributed by atoms with E-state index in [0.29, 0.717) is 13.2 Å². The highest BCUT2D eigenvalue weighted by molar-refractivity contribution is 5.87. The molecule has 0 fully saturated rings. The highest BCUT2D eigenvalue weighted by Gasteiger charge is 2.16. The lowest BCUT2D eigenvalue weighted by Crippen LogP contribution is -2.13. The topological polar surface area (TPSA) is 51.5 Å². The molecule has 0 amide bonds. The number of carboxylic acid groups (broad SMARTS) is 1. The Hall–Kier alpha value is -2.07. The second kappa shape index (κ2) is 5.92. The van der Waals surface area contributed by atoms with Gasteiger partial charge < -0.3 is 14.4 Å². The standard InChI is InChI=1S/C16H19NO3/c1-11-4-5-12(2)13(10-11)14-6-7-15(16(18)19)17(14)8-9-20-3/h4-7,10H,8-9H2,1-3H3,(H,18,19). The molecule has 2 rings (SSSR count). The fraction of sp³-hybridized carbons (Fsp3) is 0.312. The van der Waals surface area contributed by atoms with Crippen LogP contribution in [0.4, 0.5) is 0 Å². The van der Waals surface area contributed by atoms with Gasteiger partial charge in [-0.15, -0.1) is 0 Å². The summed E-state index contributed by atoms with van der Waals surface area (Å²) in [6.07, 6.45) is 0. The van der Waals surface area contributed by atoms with Crippen molar-refractivity contribution in [3.8, 4) is 11.3 Å². The van der Waals surface area contributed by atoms with Crippen LogP contribution < -0.4 is 0 Å². The molecule has 0 aliphatic carbocycles. The molecule has 0 aliphatic rings. The molecule has 1 N–H and O–H groups in total. The van der Waals surface area contributed by atoms with Crippen LogP contribution in [0.25, 0.3) is 11.3 Å². The van der Waals surface area contributed by atoms with Gasteiger partial charge in [-0.3, -0.25) is 0 Å². The number of rotatable bonds is 5. The third-order valence-electron chi connectivity index (χ3n) is 3.39. The van der Waals surface area contributed by atoms with E-state index in [-0.39, 0.29) is 5.69 Å². The molecular formula is C16H19NO3. The number of aromatic nitrogens is 1. The fourth-order valence-corrected chi connectivity index (χ4v) is 2.32. The third kappa shape index (κ3) is 2.75. The van der Waals surface area contributed by atoms with Gasteiger partial charge in [0.25, 0.3) is 0 Å². The first-order valence-electron chi connectivity index (χ1n) is 6.54. The van der Waals surface area contributed by atoms with Crippen molar-refractivity contribution in [3.05, 3.63) is 47.2 Å². The summed E-state index contributed by atoms with van der Waals surface area (Å²) in [4.78, 5) is 11.3. The Bertz CT molecular complexity index is 629. The summed E-state index contributed by atoms with van der Waals surface area (Å²) in [5.74, 6) is -0.919. The van der Waals surface area contributed by atoms with E-state index >= 15 is 0 Å². The molecule has 0 spiro atoms. The largest absolute Gasteiger partial charge is 0.477 e. The Morgan fingerprint density at radius 1 is 1.25 bits per heavy atom. The molecule has 0 unspecified atom stereocenters. The summed E-state index contributed by atoms with van der Waals surface area (Å²) in [6, 6.07) is 9.70. The molecule has 0 bridgehead atoms. The lowest BCUT2D eigenvalue weighted by Gasteiger charge is -2.13. The van der Waals surface area contributed by atoms with Crippen molar-refractivity contribution in [2.45, 2.75) is 20.4 Å². The summed E-state index contributed by atoms with van der Waals surface area (Å²) in [7, 11) is 1.61. The zero-order valence-electron chi connectivity index (χ0n) is 12.0. The molecule has 1 aromatic heterocycles. The van der Waals surface area contributed by atoms with Gasteiger partial charge in [-0.1, -0.05) is 17.7 Å². The molecule has 0 aliphatic heterocycles. The summed E-state index contributed by atoms with van der Waals surface area (Å²) in [6.45, 7) is 5.06. The predicted octanol–water partition coefficient (Wildman–Crippen LogP) is 3.12. The Balaban J connectivity index is 2.55. The van der Waals surface area contributed by atoms with Crippen LogP contribution in [-0.2, 0) is 11.3 Å². The normalized spacial score (nSPS) is 10.8. The minimum atomic E-state index is -0.919. The van der Waals surface area contributed by atoms with Gasteiger partial charge in [0.1, 0.15) is 5.69 Å². The molecule has 1 heterocycles. The number of methoxy groups -OCH3 is 1. The van der Waals surface area contributed by atoms with Gasteiger partial charge in [0.05, 0.1) is 6.61 Å². The summed E-state index contributed by atoms with van der Waals surface area (Å²) in [5.41, 5.74) is 4.55. The van der Waals surface area contributed by atoms with Crippen molar-refractivity contribution < 1.29 is 14.6 Å². The van der Waals surface area contributed by atoms with E-state index in [4.69, 9.17) is 4.74 Å². The maximum atomic E-state index is 11.3. The van der Waals surface area contributed by atoms with Gasteiger partial charge in [0, 0.05) is 24.9 Å². The highest BCUT2D eigenvalue weighted by Crippen LogP contribution is 2.27. The smallest absolute Gasteiger partial charge is 0.352 e. The number of carbonyl (C=O) groups is 1. The van der Waals surface area contributed by atoms with E-state index in [2.05, 4.69) is 18.2 Å². The van der Waals surface area contributed by atoms with Crippen LogP contribution >= 0.6 is 0 Å². The fourth-order valence-electron chi connectivity index (χ4n) is 2.32. The average molecular weight is 273 g/mol. The predicted molar refractivity (Wildman–Crippen MR) is 78.2 cm³/mol. The zero-order valence-corrected chi connectivity index (χ0v) is 12.0. The molecule has 0 saturated carbocycles. The monoisotopic (exact) mass is 273 g/mol. The first-order valence-corrected chi connectivity index (χ1v) is 6.54. The molecule has 106 valence electrons. The Morgan fingerprint density at radius 2 is 2.00 bits per heavy atom. The summed E-state index contributed by atoms with van der Waals surface area (Å²) in [5, 5.41) is 9.29. The molecular weight excluding hydrogens is 254 g/mol. The van der Waals surface area contributed by atoms with Crippen LogP contribution in [0, 0.1) is 13.8 Å². The van der Waals surface area contributed by atoms with Crippen LogP contribution in [0.1, 0.15) is 21.6 Å². The molecule has 0 atom stereocenters. The lowest BCUT2D eigenvalue weighted by molar-refractivity contribution is 0.0683. The van der Waals surface area contributed by atoms with Crippen LogP contribution in [0.15, 0.2) is 30.3 Å². The van der Waals surface area contributed by atoms with Gasteiger partial charge in [-0.25, -0.2) is 4.79 Å². The first kappa shape index (κ1) is 14.3. The quantitative estimate of drug-likeness (QED) is 0.910. The average Bonchev–Trinajstić information content (AvgIpc) is 2.83. The van der Waals surface area contributed by atoms with Crippen molar-refractivity contribution in [2.24, 2.45) is 0 Å². The van der Waals surface area contributed by atoms with E-state index in [1.54, 1.807) is 17.7 Å². The zero-order chi connectivity index (χ0) is 14.7. The summed E-state index contributed by atoms with van der Waals surface area (Å²) < 4.78 is 6.88. The number of hydrogen-bond donors (Lipinski definition) is 1. The molecule has 20 heavy (non-hydrogen) atoms. The molecule has 2 aromatic rings. The number of ether oxygens (including phenoxy) is 1. The van der Waals surface area contributed by atoms with Crippen LogP contribution in [0.5, 0.6) is 0 Å². The number of hydrogen-bond acceptors (Lipinski definition) is 2. The Kier molecular flexibility index (Phi) is 4.25. The Morgan fingerprint density at radius 3 is 2.65 bits per heavy atom. The third-order valence-corrected chi connectivity index (χ3v) is 3.39. The van der Waals surface area contributed by atoms with Crippen LogP contribution in [-0.4, -0.2) is 29.4 Å². The number of benzene rings is 1. The maximum Gasteiger partial charge on any atom is 0.352 e. The van der Waals surface area contributed by atoms with Gasteiger partial charge >= 0.3 is 5.97 Å². The molecule has 4 nitrogen and oxygen atoms in total. The van der Waals surface area contributed by atoms with Crippen molar-refractivity contribution in [1.29, 1.82) is 0 Å². The minimum Gasteiger partial charge on any atom is -0.477 e. The lowest BCUT2D eigenvalue weighted by atomic mass is 10.0. The van der Waals surface area contributed by atoms with E-state index in [9.17, 15) is 9.90 Å². The van der Waals surface area contributed by atoms with E-state index in [1.165, 1.54) is 0 Å². The van der Waals surface area contributed by atoms with Crippen LogP contribution in [0.3, 0.4) is 0 Å². The second-order valence-corrected chi connectivity index (χ2v) is 4.87. The van der Waals surface area contributed by atoms with Gasteiger partial charge in [0.15, 0.2) is 0 Å². The van der Waals surface area contributed by atoms with Gasteiger partial charge in [0.2, 0.25) is 0 Å². The van der Waals surface area contributed by atoms with E-state index in [0.717, 1.165) is 22.4 Å². The molecule has 0 radical (unpaired) electrons. The molecule has 4 heteroatoms. The number of aromatic carboxylic acids is 1. The van der Waals surface area contributed by atoms with Crippen molar-refractivity contribution in [1.82, 2.24) is 4.57 Å². The van der Waals surface area contributed by atoms with Crippen molar-refractivity contribution >= 4 is 5.97 Å². The van der Waals surface area contributed by atoms with E-state index < -0.39 is 5.97 Å². The molecule has 1 aromatic carbocycles. The van der Waals surface area contributed by atoms with Gasteiger partial charge in [-0.05, 0) is 37.6 Å². The number of carboxylic acids is 1. The minimum absolute atomic E-state index is 0.290. The number of nitrogens with zero attached hydrogens (tertiary/aromatic N) is 1. The summed E-state index contributed by atoms with van der Waals surface area (Å²) >= 11 is 0. The van der Waals surface area contributed by atoms with Crippen LogP contribution in [0.2, 0.25) is 0 Å².